The summed E-state index contributed by atoms with van der Waals surface area (Å²) in [5, 5.41) is 15.0. The fraction of sp³-hybridized carbons (Fsp3) is 0.433. The summed E-state index contributed by atoms with van der Waals surface area (Å²) in [6, 6.07) is 19.0. The number of halogens is 1. The van der Waals surface area contributed by atoms with Crippen molar-refractivity contribution in [3.8, 4) is 5.75 Å². The number of carbonyl (C=O) groups is 1. The van der Waals surface area contributed by atoms with Crippen LogP contribution in [0, 0.1) is 5.92 Å². The van der Waals surface area contributed by atoms with Gasteiger partial charge < -0.3 is 24.4 Å². The van der Waals surface area contributed by atoms with Crippen molar-refractivity contribution in [1.29, 1.82) is 0 Å². The Balaban J connectivity index is 1.39. The number of benzene rings is 3. The lowest BCUT2D eigenvalue weighted by Gasteiger charge is -2.46. The normalized spacial score (nSPS) is 25.2. The summed E-state index contributed by atoms with van der Waals surface area (Å²) in [6.07, 6.45) is 1.51. The van der Waals surface area contributed by atoms with Crippen LogP contribution in [0.4, 0.5) is 0 Å². The molecule has 0 amide bonds. The molecule has 6 nitrogen and oxygen atoms in total. The average molecular weight is 523 g/mol. The van der Waals surface area contributed by atoms with E-state index in [0.29, 0.717) is 29.8 Å². The molecular weight excluding hydrogens is 488 g/mol. The number of fused-ring (bicyclic) bond motifs is 1. The maximum absolute atomic E-state index is 12.8. The van der Waals surface area contributed by atoms with Crippen molar-refractivity contribution in [3.63, 3.8) is 0 Å². The summed E-state index contributed by atoms with van der Waals surface area (Å²) in [6.45, 7) is 4.72. The van der Waals surface area contributed by atoms with Crippen LogP contribution in [-0.4, -0.2) is 73.9 Å². The summed E-state index contributed by atoms with van der Waals surface area (Å²) in [4.78, 5) is 17.6. The predicted octanol–water partition coefficient (Wildman–Crippen LogP) is 4.96. The fourth-order valence-corrected chi connectivity index (χ4v) is 5.82. The highest BCUT2D eigenvalue weighted by Crippen LogP contribution is 2.44. The Morgan fingerprint density at radius 2 is 1.73 bits per heavy atom. The van der Waals surface area contributed by atoms with Crippen LogP contribution in [0.2, 0.25) is 5.02 Å². The number of rotatable bonds is 6. The van der Waals surface area contributed by atoms with Gasteiger partial charge in [0.1, 0.15) is 11.9 Å². The molecule has 0 bridgehead atoms. The predicted molar refractivity (Wildman–Crippen MR) is 146 cm³/mol. The zero-order valence-electron chi connectivity index (χ0n) is 21.5. The van der Waals surface area contributed by atoms with Crippen LogP contribution in [-0.2, 0) is 10.3 Å². The number of esters is 1. The largest absolute Gasteiger partial charge is 0.497 e. The molecule has 5 rings (SSSR count). The van der Waals surface area contributed by atoms with E-state index in [1.807, 2.05) is 24.3 Å². The Bertz CT molecular complexity index is 1240. The van der Waals surface area contributed by atoms with Crippen LogP contribution < -0.4 is 4.74 Å². The number of methoxy groups -OCH3 is 1. The number of nitrogens with zero attached hydrogens (tertiary/aromatic N) is 2. The van der Waals surface area contributed by atoms with Gasteiger partial charge in [-0.2, -0.15) is 0 Å². The Morgan fingerprint density at radius 3 is 2.46 bits per heavy atom. The van der Waals surface area contributed by atoms with Gasteiger partial charge in [0.05, 0.1) is 18.3 Å². The Kier molecular flexibility index (Phi) is 7.72. The standard InChI is InChI=1S/C30H35ClN2O4/c1-32-13-15-33(16-14-32)20-25-19-28(37-29(34)21-4-8-26(31)9-5-21)11-12-30(25,35)24-7-3-23-18-27(36-2)10-6-22(23)17-24/h3-10,17-18,25,28,35H,11-16,19-20H2,1-2H3. The molecule has 3 aromatic rings. The molecule has 1 heterocycles. The summed E-state index contributed by atoms with van der Waals surface area (Å²) in [5.74, 6) is 0.406. The molecule has 1 saturated heterocycles. The van der Waals surface area contributed by atoms with E-state index in [2.05, 4.69) is 29.0 Å². The number of piperazine rings is 1. The summed E-state index contributed by atoms with van der Waals surface area (Å²) >= 11 is 5.98. The van der Waals surface area contributed by atoms with Crippen LogP contribution in [0.3, 0.4) is 0 Å². The zero-order valence-corrected chi connectivity index (χ0v) is 22.3. The lowest BCUT2D eigenvalue weighted by molar-refractivity contribution is -0.100. The number of carbonyl (C=O) groups excluding carboxylic acids is 1. The van der Waals surface area contributed by atoms with E-state index in [9.17, 15) is 9.90 Å². The first kappa shape index (κ1) is 26.0. The van der Waals surface area contributed by atoms with Crippen LogP contribution in [0.25, 0.3) is 10.8 Å². The molecule has 2 aliphatic rings. The summed E-state index contributed by atoms with van der Waals surface area (Å²) in [7, 11) is 3.81. The Labute approximate surface area is 223 Å². The summed E-state index contributed by atoms with van der Waals surface area (Å²) in [5.41, 5.74) is 0.415. The van der Waals surface area contributed by atoms with Crippen molar-refractivity contribution >= 4 is 28.3 Å². The van der Waals surface area contributed by atoms with Gasteiger partial charge in [-0.15, -0.1) is 0 Å². The third-order valence-corrected chi connectivity index (χ3v) is 8.30. The minimum absolute atomic E-state index is 0.0663. The van der Waals surface area contributed by atoms with Gasteiger partial charge in [0.2, 0.25) is 0 Å². The minimum Gasteiger partial charge on any atom is -0.497 e. The molecule has 7 heteroatoms. The van der Waals surface area contributed by atoms with Crippen molar-refractivity contribution in [2.75, 3.05) is 46.9 Å². The molecule has 1 N–H and O–H groups in total. The zero-order chi connectivity index (χ0) is 26.0. The lowest BCUT2D eigenvalue weighted by Crippen LogP contribution is -2.52. The van der Waals surface area contributed by atoms with Crippen molar-refractivity contribution < 1.29 is 19.4 Å². The topological polar surface area (TPSA) is 62.2 Å². The second kappa shape index (κ2) is 11.0. The van der Waals surface area contributed by atoms with E-state index in [1.165, 1.54) is 0 Å². The number of ether oxygens (including phenoxy) is 2. The van der Waals surface area contributed by atoms with Crippen LogP contribution >= 0.6 is 11.6 Å². The first-order valence-corrected chi connectivity index (χ1v) is 13.4. The number of hydrogen-bond acceptors (Lipinski definition) is 6. The molecule has 3 aromatic carbocycles. The van der Waals surface area contributed by atoms with Crippen molar-refractivity contribution in [2.45, 2.75) is 31.0 Å². The van der Waals surface area contributed by atoms with Gasteiger partial charge in [-0.25, -0.2) is 4.79 Å². The van der Waals surface area contributed by atoms with Gasteiger partial charge in [0.15, 0.2) is 0 Å². The van der Waals surface area contributed by atoms with Gasteiger partial charge in [0.25, 0.3) is 0 Å². The second-order valence-corrected chi connectivity index (χ2v) is 10.9. The van der Waals surface area contributed by atoms with E-state index in [1.54, 1.807) is 31.4 Å². The quantitative estimate of drug-likeness (QED) is 0.462. The third kappa shape index (κ3) is 5.78. The van der Waals surface area contributed by atoms with E-state index in [-0.39, 0.29) is 18.0 Å². The maximum atomic E-state index is 12.8. The molecule has 2 fully saturated rings. The molecule has 196 valence electrons. The first-order valence-electron chi connectivity index (χ1n) is 13.0. The molecule has 3 unspecified atom stereocenters. The van der Waals surface area contributed by atoms with Crippen molar-refractivity contribution in [2.24, 2.45) is 5.92 Å². The first-order chi connectivity index (χ1) is 17.8. The number of hydrogen-bond donors (Lipinski definition) is 1. The number of aliphatic hydroxyl groups is 1. The van der Waals surface area contributed by atoms with Crippen molar-refractivity contribution in [3.05, 3.63) is 76.8 Å². The molecule has 1 aliphatic carbocycles. The van der Waals surface area contributed by atoms with Crippen LogP contribution in [0.15, 0.2) is 60.7 Å². The van der Waals surface area contributed by atoms with Crippen molar-refractivity contribution in [1.82, 2.24) is 9.80 Å². The molecule has 3 atom stereocenters. The highest BCUT2D eigenvalue weighted by molar-refractivity contribution is 6.30. The summed E-state index contributed by atoms with van der Waals surface area (Å²) < 4.78 is 11.3. The average Bonchev–Trinajstić information content (AvgIpc) is 2.91. The monoisotopic (exact) mass is 522 g/mol. The third-order valence-electron chi connectivity index (χ3n) is 8.05. The van der Waals surface area contributed by atoms with Gasteiger partial charge >= 0.3 is 5.97 Å². The number of likely N-dealkylation sites (N-methyl/N-ethyl adjacent to an activating group) is 1. The molecule has 1 aliphatic heterocycles. The van der Waals surface area contributed by atoms with Gasteiger partial charge in [-0.3, -0.25) is 0 Å². The molecule has 0 spiro atoms. The van der Waals surface area contributed by atoms with E-state index in [0.717, 1.165) is 54.8 Å². The molecule has 37 heavy (non-hydrogen) atoms. The highest BCUT2D eigenvalue weighted by atomic mass is 35.5. The molecule has 0 aromatic heterocycles. The SMILES string of the molecule is COc1ccc2cc(C3(O)CCC(OC(=O)c4ccc(Cl)cc4)CC3CN3CCN(C)CC3)ccc2c1. The van der Waals surface area contributed by atoms with E-state index < -0.39 is 5.60 Å². The van der Waals surface area contributed by atoms with E-state index in [4.69, 9.17) is 21.1 Å². The second-order valence-electron chi connectivity index (χ2n) is 10.5. The molecular formula is C30H35ClN2O4. The van der Waals surface area contributed by atoms with Crippen LogP contribution in [0.5, 0.6) is 5.75 Å². The highest BCUT2D eigenvalue weighted by Gasteiger charge is 2.45. The lowest BCUT2D eigenvalue weighted by atomic mass is 9.70. The Hall–Kier alpha value is -2.64. The van der Waals surface area contributed by atoms with E-state index >= 15 is 0 Å². The maximum Gasteiger partial charge on any atom is 0.338 e. The van der Waals surface area contributed by atoms with Crippen LogP contribution in [0.1, 0.15) is 35.2 Å². The minimum atomic E-state index is -0.999. The van der Waals surface area contributed by atoms with Gasteiger partial charge in [-0.05, 0) is 85.1 Å². The van der Waals surface area contributed by atoms with Gasteiger partial charge in [0, 0.05) is 43.7 Å². The smallest absolute Gasteiger partial charge is 0.338 e. The van der Waals surface area contributed by atoms with Gasteiger partial charge in [-0.1, -0.05) is 29.8 Å². The fourth-order valence-electron chi connectivity index (χ4n) is 5.70. The molecule has 1 saturated carbocycles. The molecule has 0 radical (unpaired) electrons. The Morgan fingerprint density at radius 1 is 1.03 bits per heavy atom.